The van der Waals surface area contributed by atoms with Crippen molar-refractivity contribution in [1.82, 2.24) is 4.90 Å². The minimum Gasteiger partial charge on any atom is -0.444 e. The maximum absolute atomic E-state index is 11.1. The van der Waals surface area contributed by atoms with E-state index in [1.165, 1.54) is 0 Å². The third-order valence-electron chi connectivity index (χ3n) is 1.30. The SMILES string of the molecule is CC(CN(C)C)C/[S-](=O)=N/C(N)=O. The molecule has 0 aromatic carbocycles. The zero-order valence-electron chi connectivity index (χ0n) is 8.19. The third-order valence-corrected chi connectivity index (χ3v) is 2.53. The number of amides is 2. The van der Waals surface area contributed by atoms with Crippen molar-refractivity contribution in [1.29, 1.82) is 0 Å². The van der Waals surface area contributed by atoms with E-state index in [1.54, 1.807) is 0 Å². The molecule has 2 amide bonds. The number of hydrogen-bond acceptors (Lipinski definition) is 4. The molecule has 0 saturated carbocycles. The topological polar surface area (TPSA) is 75.8 Å². The fourth-order valence-electron chi connectivity index (χ4n) is 1.06. The van der Waals surface area contributed by atoms with Gasteiger partial charge in [-0.1, -0.05) is 12.7 Å². The van der Waals surface area contributed by atoms with Gasteiger partial charge in [0.1, 0.15) is 0 Å². The summed E-state index contributed by atoms with van der Waals surface area (Å²) in [6, 6.07) is -0.865. The fourth-order valence-corrected chi connectivity index (χ4v) is 1.92. The van der Waals surface area contributed by atoms with Gasteiger partial charge in [-0.3, -0.25) is 0 Å². The van der Waals surface area contributed by atoms with Crippen molar-refractivity contribution in [3.8, 4) is 0 Å². The minimum atomic E-state index is -1.47. The van der Waals surface area contributed by atoms with Crippen LogP contribution in [0.1, 0.15) is 6.92 Å². The van der Waals surface area contributed by atoms with E-state index in [0.717, 1.165) is 6.54 Å². The Labute approximate surface area is 80.5 Å². The van der Waals surface area contributed by atoms with Crippen LogP contribution in [0.3, 0.4) is 0 Å². The maximum atomic E-state index is 11.1. The van der Waals surface area contributed by atoms with E-state index >= 15 is 0 Å². The van der Waals surface area contributed by atoms with Crippen LogP contribution in [-0.4, -0.2) is 37.3 Å². The Hall–Kier alpha value is -0.620. The highest BCUT2D eigenvalue weighted by Gasteiger charge is 1.98. The summed E-state index contributed by atoms with van der Waals surface area (Å²) in [5.41, 5.74) is 4.76. The Kier molecular flexibility index (Phi) is 5.65. The third kappa shape index (κ3) is 7.73. The molecule has 0 bridgehead atoms. The van der Waals surface area contributed by atoms with Gasteiger partial charge in [-0.25, -0.2) is 4.79 Å². The van der Waals surface area contributed by atoms with Crippen LogP contribution < -0.4 is 5.73 Å². The van der Waals surface area contributed by atoms with Crippen LogP contribution in [0.25, 0.3) is 0 Å². The van der Waals surface area contributed by atoms with Gasteiger partial charge in [0.05, 0.1) is 0 Å². The molecule has 0 spiro atoms. The summed E-state index contributed by atoms with van der Waals surface area (Å²) in [6.45, 7) is 2.77. The van der Waals surface area contributed by atoms with Crippen LogP contribution in [0.2, 0.25) is 0 Å². The first-order valence-corrected chi connectivity index (χ1v) is 5.23. The predicted octanol–water partition coefficient (Wildman–Crippen LogP) is 0.410. The monoisotopic (exact) mass is 206 g/mol. The average molecular weight is 206 g/mol. The van der Waals surface area contributed by atoms with Crippen molar-refractivity contribution in [2.45, 2.75) is 6.92 Å². The standard InChI is InChI=1S/C7H16N3O2S/c1-6(4-10(2)3)5-13(12)9-7(8)11/h6H,4-5H2,1-3H3,(H2,8,11)/q-1. The van der Waals surface area contributed by atoms with E-state index in [2.05, 4.69) is 4.36 Å². The molecule has 0 radical (unpaired) electrons. The molecule has 1 unspecified atom stereocenters. The maximum Gasteiger partial charge on any atom is 0.314 e. The lowest BCUT2D eigenvalue weighted by molar-refractivity contribution is 0.257. The Morgan fingerprint density at radius 2 is 2.15 bits per heavy atom. The van der Waals surface area contributed by atoms with Crippen molar-refractivity contribution in [2.75, 3.05) is 26.4 Å². The summed E-state index contributed by atoms with van der Waals surface area (Å²) in [5, 5.41) is 0. The van der Waals surface area contributed by atoms with Gasteiger partial charge in [0.25, 0.3) is 0 Å². The van der Waals surface area contributed by atoms with Crippen LogP contribution in [-0.2, 0) is 14.8 Å². The smallest absolute Gasteiger partial charge is 0.314 e. The highest BCUT2D eigenvalue weighted by atomic mass is 32.2. The molecule has 1 atom stereocenters. The van der Waals surface area contributed by atoms with Crippen molar-refractivity contribution in [3.05, 3.63) is 0 Å². The lowest BCUT2D eigenvalue weighted by atomic mass is 10.2. The fraction of sp³-hybridized carbons (Fsp3) is 0.857. The van der Waals surface area contributed by atoms with Gasteiger partial charge in [0, 0.05) is 0 Å². The lowest BCUT2D eigenvalue weighted by Crippen LogP contribution is -2.22. The van der Waals surface area contributed by atoms with Gasteiger partial charge in [0.2, 0.25) is 0 Å². The summed E-state index contributed by atoms with van der Waals surface area (Å²) in [4.78, 5) is 12.3. The first kappa shape index (κ1) is 12.4. The summed E-state index contributed by atoms with van der Waals surface area (Å²) in [6.07, 6.45) is 0. The van der Waals surface area contributed by atoms with E-state index in [1.807, 2.05) is 25.9 Å². The largest absolute Gasteiger partial charge is 0.444 e. The molecule has 0 aromatic rings. The molecular weight excluding hydrogens is 190 g/mol. The molecule has 0 saturated heterocycles. The quantitative estimate of drug-likeness (QED) is 0.677. The van der Waals surface area contributed by atoms with E-state index in [0.29, 0.717) is 5.75 Å². The number of urea groups is 1. The summed E-state index contributed by atoms with van der Waals surface area (Å²) in [7, 11) is 2.40. The Bertz CT molecular complexity index is 246. The number of carbonyl (C=O) groups excluding carboxylic acids is 1. The van der Waals surface area contributed by atoms with Crippen LogP contribution >= 0.6 is 0 Å². The molecule has 6 heteroatoms. The Morgan fingerprint density at radius 3 is 2.54 bits per heavy atom. The second-order valence-electron chi connectivity index (χ2n) is 3.29. The van der Waals surface area contributed by atoms with Gasteiger partial charge in [-0.2, -0.15) is 10.6 Å². The first-order chi connectivity index (χ1) is 5.91. The van der Waals surface area contributed by atoms with E-state index in [4.69, 9.17) is 5.73 Å². The number of nitrogens with zero attached hydrogens (tertiary/aromatic N) is 2. The van der Waals surface area contributed by atoms with E-state index in [-0.39, 0.29) is 5.92 Å². The molecule has 5 nitrogen and oxygen atoms in total. The van der Waals surface area contributed by atoms with Crippen LogP contribution in [0.5, 0.6) is 0 Å². The predicted molar refractivity (Wildman–Crippen MR) is 52.6 cm³/mol. The number of nitrogens with two attached hydrogens (primary N) is 1. The summed E-state index contributed by atoms with van der Waals surface area (Å²) >= 11 is 0. The van der Waals surface area contributed by atoms with Crippen molar-refractivity contribution in [2.24, 2.45) is 16.0 Å². The molecule has 0 fully saturated rings. The highest BCUT2D eigenvalue weighted by molar-refractivity contribution is 7.75. The van der Waals surface area contributed by atoms with Crippen molar-refractivity contribution < 1.29 is 9.00 Å². The molecule has 0 aliphatic heterocycles. The molecule has 0 heterocycles. The summed E-state index contributed by atoms with van der Waals surface area (Å²) in [5.74, 6) is 0.611. The minimum absolute atomic E-state index is 0.235. The van der Waals surface area contributed by atoms with Gasteiger partial charge in [-0.15, -0.1) is 0 Å². The molecule has 0 aromatic heterocycles. The van der Waals surface area contributed by atoms with Crippen LogP contribution in [0.4, 0.5) is 4.79 Å². The number of hydrogen-bond donors (Lipinski definition) is 1. The number of primary amides is 1. The van der Waals surface area contributed by atoms with Gasteiger partial charge in [-0.05, 0) is 26.6 Å². The average Bonchev–Trinajstić information content (AvgIpc) is 1.80. The zero-order valence-corrected chi connectivity index (χ0v) is 9.00. The lowest BCUT2D eigenvalue weighted by Gasteiger charge is -2.17. The molecule has 0 aliphatic rings. The van der Waals surface area contributed by atoms with Crippen LogP contribution in [0, 0.1) is 5.92 Å². The molecular formula is C7H16N3O2S-. The normalized spacial score (nSPS) is 16.0. The van der Waals surface area contributed by atoms with Gasteiger partial charge >= 0.3 is 6.03 Å². The van der Waals surface area contributed by atoms with Gasteiger partial charge in [0.15, 0.2) is 0 Å². The molecule has 13 heavy (non-hydrogen) atoms. The van der Waals surface area contributed by atoms with Crippen LogP contribution in [0.15, 0.2) is 4.36 Å². The zero-order chi connectivity index (χ0) is 10.4. The number of rotatable bonds is 4. The Morgan fingerprint density at radius 1 is 1.62 bits per heavy atom. The second-order valence-corrected chi connectivity index (χ2v) is 4.44. The Balaban J connectivity index is 3.99. The molecule has 2 N–H and O–H groups in total. The van der Waals surface area contributed by atoms with E-state index < -0.39 is 16.6 Å². The second kappa shape index (κ2) is 5.93. The summed E-state index contributed by atoms with van der Waals surface area (Å²) < 4.78 is 14.3. The van der Waals surface area contributed by atoms with E-state index in [9.17, 15) is 9.00 Å². The molecule has 78 valence electrons. The first-order valence-electron chi connectivity index (χ1n) is 3.96. The molecule has 0 aliphatic carbocycles. The van der Waals surface area contributed by atoms with Gasteiger partial charge < -0.3 is 19.2 Å². The molecule has 0 rings (SSSR count). The number of carbonyl (C=O) groups is 1. The van der Waals surface area contributed by atoms with Crippen molar-refractivity contribution >= 4 is 16.6 Å². The highest BCUT2D eigenvalue weighted by Crippen LogP contribution is 1.97. The van der Waals surface area contributed by atoms with Crippen molar-refractivity contribution in [3.63, 3.8) is 0 Å².